The summed E-state index contributed by atoms with van der Waals surface area (Å²) in [6, 6.07) is 2.85. The van der Waals surface area contributed by atoms with E-state index in [4.69, 9.17) is 9.16 Å². The van der Waals surface area contributed by atoms with Crippen molar-refractivity contribution in [1.29, 1.82) is 0 Å². The fraction of sp³-hybridized carbons (Fsp3) is 0.583. The highest BCUT2D eigenvalue weighted by molar-refractivity contribution is 7.13. The van der Waals surface area contributed by atoms with E-state index in [1.54, 1.807) is 42.2 Å². The molecule has 0 aromatic carbocycles. The third-order valence-electron chi connectivity index (χ3n) is 6.29. The van der Waals surface area contributed by atoms with Crippen molar-refractivity contribution in [3.05, 3.63) is 29.3 Å². The van der Waals surface area contributed by atoms with E-state index in [2.05, 4.69) is 15.1 Å². The summed E-state index contributed by atoms with van der Waals surface area (Å²) in [5.41, 5.74) is -0.0589. The number of carbonyl (C=O) groups is 1. The number of hydrogen-bond donors (Lipinski definition) is 0. The Hall–Kier alpha value is -2.71. The summed E-state index contributed by atoms with van der Waals surface area (Å²) in [5.74, 6) is 0.308. The van der Waals surface area contributed by atoms with Crippen LogP contribution in [0.25, 0.3) is 16.3 Å². The fourth-order valence-corrected chi connectivity index (χ4v) is 6.48. The van der Waals surface area contributed by atoms with E-state index >= 15 is 0 Å². The van der Waals surface area contributed by atoms with Crippen molar-refractivity contribution in [3.63, 3.8) is 0 Å². The molecule has 3 fully saturated rings. The number of piperazine rings is 1. The molecule has 2 bridgehead atoms. The van der Waals surface area contributed by atoms with Crippen LogP contribution in [0.5, 0.6) is 0 Å². The third kappa shape index (κ3) is 5.25. The van der Waals surface area contributed by atoms with E-state index < -0.39 is 26.2 Å². The number of nitrogens with zero attached hydrogens (tertiary/aromatic N) is 6. The average Bonchev–Trinajstić information content (AvgIpc) is 3.45. The van der Waals surface area contributed by atoms with Gasteiger partial charge in [0, 0.05) is 30.2 Å². The lowest BCUT2D eigenvalue weighted by Crippen LogP contribution is -2.70. The van der Waals surface area contributed by atoms with Gasteiger partial charge in [0.1, 0.15) is 16.3 Å². The second-order valence-electron chi connectivity index (χ2n) is 11.6. The zero-order chi connectivity index (χ0) is 27.6. The molecule has 0 radical (unpaired) electrons. The third-order valence-corrected chi connectivity index (χ3v) is 8.02. The van der Waals surface area contributed by atoms with Crippen molar-refractivity contribution >= 4 is 37.3 Å². The van der Waals surface area contributed by atoms with E-state index in [0.29, 0.717) is 29.7 Å². The zero-order valence-corrected chi connectivity index (χ0v) is 23.9. The van der Waals surface area contributed by atoms with Gasteiger partial charge in [-0.15, -0.1) is 16.4 Å². The maximum absolute atomic E-state index is 14.3. The van der Waals surface area contributed by atoms with Gasteiger partial charge in [-0.3, -0.25) is 4.90 Å². The number of thiazole rings is 1. The second kappa shape index (κ2) is 9.19. The Bertz CT molecular complexity index is 1320. The molecule has 0 aliphatic carbocycles. The first kappa shape index (κ1) is 26.9. The predicted molar refractivity (Wildman–Crippen MR) is 140 cm³/mol. The Labute approximate surface area is 223 Å². The van der Waals surface area contributed by atoms with Crippen LogP contribution in [0.15, 0.2) is 23.7 Å². The lowest BCUT2D eigenvalue weighted by Gasteiger charge is -2.55. The average molecular weight is 569 g/mol. The smallest absolute Gasteiger partial charge is 0.417 e. The number of piperidine rings is 1. The number of amides is 1. The van der Waals surface area contributed by atoms with E-state index in [-0.39, 0.29) is 29.4 Å². The van der Waals surface area contributed by atoms with Crippen LogP contribution in [0, 0.1) is 0 Å². The van der Waals surface area contributed by atoms with Gasteiger partial charge in [-0.05, 0) is 52.9 Å². The van der Waals surface area contributed by atoms with Crippen LogP contribution in [0.3, 0.4) is 0 Å². The number of alkyl halides is 3. The highest BCUT2D eigenvalue weighted by atomic mass is 32.1. The van der Waals surface area contributed by atoms with E-state index in [1.807, 2.05) is 25.7 Å². The van der Waals surface area contributed by atoms with Crippen molar-refractivity contribution in [2.45, 2.75) is 76.8 Å². The minimum Gasteiger partial charge on any atom is -0.444 e. The molecule has 38 heavy (non-hydrogen) atoms. The van der Waals surface area contributed by atoms with Crippen LogP contribution in [0.1, 0.15) is 38.9 Å². The van der Waals surface area contributed by atoms with Gasteiger partial charge in [0.25, 0.3) is 0 Å². The molecule has 3 aromatic heterocycles. The first-order chi connectivity index (χ1) is 17.6. The molecule has 3 aromatic rings. The summed E-state index contributed by atoms with van der Waals surface area (Å²) in [6.07, 6.45) is -4.65. The molecule has 9 nitrogen and oxygen atoms in total. The number of fused-ring (bicyclic) bond motifs is 3. The van der Waals surface area contributed by atoms with Crippen LogP contribution in [0.4, 0.5) is 23.9 Å². The molecule has 1 amide bonds. The van der Waals surface area contributed by atoms with Gasteiger partial charge in [-0.2, -0.15) is 18.2 Å². The van der Waals surface area contributed by atoms with Gasteiger partial charge in [0.15, 0.2) is 20.1 Å². The van der Waals surface area contributed by atoms with Gasteiger partial charge in [-0.1, -0.05) is 6.07 Å². The number of pyridine rings is 1. The molecular formula is C24H31F3N6O3SSi. The van der Waals surface area contributed by atoms with Gasteiger partial charge in [0.2, 0.25) is 5.95 Å². The molecule has 3 aliphatic heterocycles. The number of aromatic nitrogens is 4. The van der Waals surface area contributed by atoms with Crippen molar-refractivity contribution in [1.82, 2.24) is 24.5 Å². The Morgan fingerprint density at radius 1 is 1.16 bits per heavy atom. The predicted octanol–water partition coefficient (Wildman–Crippen LogP) is 5.51. The molecule has 3 unspecified atom stereocenters. The molecule has 6 heterocycles. The lowest BCUT2D eigenvalue weighted by atomic mass is 9.88. The first-order valence-corrected chi connectivity index (χ1v) is 16.7. The van der Waals surface area contributed by atoms with Crippen LogP contribution in [0.2, 0.25) is 19.6 Å². The van der Waals surface area contributed by atoms with Crippen molar-refractivity contribution < 1.29 is 27.1 Å². The maximum Gasteiger partial charge on any atom is 0.417 e. The largest absolute Gasteiger partial charge is 0.444 e. The Kier molecular flexibility index (Phi) is 6.50. The maximum atomic E-state index is 14.3. The molecule has 0 spiro atoms. The van der Waals surface area contributed by atoms with Gasteiger partial charge < -0.3 is 14.1 Å². The summed E-state index contributed by atoms with van der Waals surface area (Å²) < 4.78 is 55.4. The monoisotopic (exact) mass is 568 g/mol. The van der Waals surface area contributed by atoms with Crippen LogP contribution in [-0.4, -0.2) is 75.8 Å². The number of halogens is 3. The Morgan fingerprint density at radius 2 is 1.84 bits per heavy atom. The summed E-state index contributed by atoms with van der Waals surface area (Å²) in [4.78, 5) is 25.3. The molecule has 0 N–H and O–H groups in total. The summed E-state index contributed by atoms with van der Waals surface area (Å²) in [5, 5.41) is 7.06. The van der Waals surface area contributed by atoms with Crippen molar-refractivity contribution in [2.24, 2.45) is 0 Å². The summed E-state index contributed by atoms with van der Waals surface area (Å²) in [7, 11) is -2.58. The molecular weight excluding hydrogens is 537 g/mol. The molecule has 6 rings (SSSR count). The normalized spacial score (nSPS) is 21.0. The summed E-state index contributed by atoms with van der Waals surface area (Å²) >= 11 is 1.36. The van der Waals surface area contributed by atoms with Crippen LogP contribution >= 0.6 is 11.3 Å². The number of carbonyl (C=O) groups excluding carboxylic acids is 1. The van der Waals surface area contributed by atoms with Gasteiger partial charge in [0.05, 0.1) is 12.1 Å². The standard InChI is InChI=1S/C24H31F3N6O3SSi/c1-23(2,3)35-22(34)32-14-11-15(32)13-31(12-14)21-29-19-16(18(24(25,26)27)36-38(4,5)6)7-8-17(33(19)30-21)20-28-9-10-37-20/h7-10,14-15,18H,11-13H2,1-6H3. The molecule has 0 saturated carbocycles. The van der Waals surface area contributed by atoms with E-state index in [9.17, 15) is 18.0 Å². The van der Waals surface area contributed by atoms with Gasteiger partial charge >= 0.3 is 12.3 Å². The SMILES string of the molecule is CC(C)(C)OC(=O)N1C2CC1CN(c1nc3c(C(O[Si](C)(C)C)C(F)(F)F)ccc(-c4nccs4)n3n1)C2. The Morgan fingerprint density at radius 3 is 2.39 bits per heavy atom. The number of ether oxygens (including phenoxy) is 1. The lowest BCUT2D eigenvalue weighted by molar-refractivity contribution is -0.200. The first-order valence-electron chi connectivity index (χ1n) is 12.4. The van der Waals surface area contributed by atoms with E-state index in [0.717, 1.165) is 6.42 Å². The van der Waals surface area contributed by atoms with Crippen LogP contribution in [-0.2, 0) is 9.16 Å². The van der Waals surface area contributed by atoms with Gasteiger partial charge in [-0.25, -0.2) is 14.3 Å². The van der Waals surface area contributed by atoms with E-state index in [1.165, 1.54) is 21.9 Å². The molecule has 14 heteroatoms. The topological polar surface area (TPSA) is 85.1 Å². The highest BCUT2D eigenvalue weighted by Crippen LogP contribution is 2.41. The molecule has 3 atom stereocenters. The minimum absolute atomic E-state index is 0.0775. The number of rotatable bonds is 5. The second-order valence-corrected chi connectivity index (χ2v) is 17.0. The number of anilines is 1. The van der Waals surface area contributed by atoms with Crippen molar-refractivity contribution in [2.75, 3.05) is 18.0 Å². The summed E-state index contributed by atoms with van der Waals surface area (Å²) in [6.45, 7) is 11.6. The zero-order valence-electron chi connectivity index (χ0n) is 22.1. The highest BCUT2D eigenvalue weighted by Gasteiger charge is 2.50. The Balaban J connectivity index is 1.51. The quantitative estimate of drug-likeness (QED) is 0.376. The minimum atomic E-state index is -4.63. The fourth-order valence-electron chi connectivity index (χ4n) is 4.87. The van der Waals surface area contributed by atoms with Crippen molar-refractivity contribution in [3.8, 4) is 10.7 Å². The number of hydrogen-bond acceptors (Lipinski definition) is 8. The molecule has 3 saturated heterocycles. The molecule has 206 valence electrons. The molecule has 3 aliphatic rings. The van der Waals surface area contributed by atoms with Crippen LogP contribution < -0.4 is 4.90 Å².